The van der Waals surface area contributed by atoms with E-state index < -0.39 is 0 Å². The molecule has 0 radical (unpaired) electrons. The summed E-state index contributed by atoms with van der Waals surface area (Å²) in [7, 11) is 0. The lowest BCUT2D eigenvalue weighted by atomic mass is 9.74. The molecule has 4 rings (SSSR count). The van der Waals surface area contributed by atoms with Crippen LogP contribution in [0, 0.1) is 13.8 Å². The van der Waals surface area contributed by atoms with E-state index in [1.54, 1.807) is 0 Å². The Morgan fingerprint density at radius 3 is 2.54 bits per heavy atom. The van der Waals surface area contributed by atoms with Gasteiger partial charge in [-0.25, -0.2) is 0 Å². The number of piperidine rings is 1. The van der Waals surface area contributed by atoms with Crippen LogP contribution in [-0.2, 0) is 11.3 Å². The third-order valence-electron chi connectivity index (χ3n) is 6.28. The second kappa shape index (κ2) is 6.84. The van der Waals surface area contributed by atoms with Gasteiger partial charge in [0, 0.05) is 49.9 Å². The Morgan fingerprint density at radius 2 is 1.85 bits per heavy atom. The lowest BCUT2D eigenvalue weighted by molar-refractivity contribution is -0.120. The maximum Gasteiger partial charge on any atom is 0.221 e. The van der Waals surface area contributed by atoms with Crippen LogP contribution in [0.15, 0.2) is 42.7 Å². The third-order valence-corrected chi connectivity index (χ3v) is 6.28. The van der Waals surface area contributed by atoms with Crippen LogP contribution in [0.1, 0.15) is 47.4 Å². The predicted molar refractivity (Wildman–Crippen MR) is 103 cm³/mol. The lowest BCUT2D eigenvalue weighted by Crippen LogP contribution is -2.53. The Morgan fingerprint density at radius 1 is 1.12 bits per heavy atom. The average molecular weight is 349 g/mol. The van der Waals surface area contributed by atoms with Gasteiger partial charge in [-0.15, -0.1) is 0 Å². The highest BCUT2D eigenvalue weighted by Crippen LogP contribution is 2.43. The summed E-state index contributed by atoms with van der Waals surface area (Å²) in [6, 6.07) is 10.9. The predicted octanol–water partition coefficient (Wildman–Crippen LogP) is 3.34. The maximum absolute atomic E-state index is 12.2. The molecule has 1 amide bonds. The van der Waals surface area contributed by atoms with Crippen molar-refractivity contribution in [1.29, 1.82) is 0 Å². The van der Waals surface area contributed by atoms with E-state index in [0.29, 0.717) is 6.42 Å². The summed E-state index contributed by atoms with van der Waals surface area (Å²) in [5, 5.41) is 3.33. The van der Waals surface area contributed by atoms with Crippen LogP contribution in [0.25, 0.3) is 0 Å². The summed E-state index contributed by atoms with van der Waals surface area (Å²) in [6.07, 6.45) is 6.29. The van der Waals surface area contributed by atoms with Crippen LogP contribution in [0.4, 0.5) is 0 Å². The molecule has 1 N–H and O–H groups in total. The molecule has 0 bridgehead atoms. The van der Waals surface area contributed by atoms with Gasteiger partial charge in [0.2, 0.25) is 5.91 Å². The molecular formula is C22H27N3O. The van der Waals surface area contributed by atoms with Gasteiger partial charge in [0.15, 0.2) is 0 Å². The first kappa shape index (κ1) is 17.2. The average Bonchev–Trinajstić information content (AvgIpc) is 2.97. The first-order valence-corrected chi connectivity index (χ1v) is 9.55. The van der Waals surface area contributed by atoms with Crippen LogP contribution in [0.3, 0.4) is 0 Å². The molecule has 4 nitrogen and oxygen atoms in total. The fourth-order valence-electron chi connectivity index (χ4n) is 4.57. The number of nitrogens with zero attached hydrogens (tertiary/aromatic N) is 2. The van der Waals surface area contributed by atoms with Gasteiger partial charge in [0.1, 0.15) is 0 Å². The van der Waals surface area contributed by atoms with E-state index in [2.05, 4.69) is 59.4 Å². The molecule has 1 atom stereocenters. The molecule has 0 saturated carbocycles. The van der Waals surface area contributed by atoms with Gasteiger partial charge in [-0.2, -0.15) is 0 Å². The molecule has 2 aliphatic heterocycles. The normalized spacial score (nSPS) is 22.5. The summed E-state index contributed by atoms with van der Waals surface area (Å²) in [4.78, 5) is 18.8. The fourth-order valence-corrected chi connectivity index (χ4v) is 4.57. The van der Waals surface area contributed by atoms with Crippen molar-refractivity contribution in [3.05, 3.63) is 65.0 Å². The Hall–Kier alpha value is -2.20. The van der Waals surface area contributed by atoms with Crippen LogP contribution in [-0.4, -0.2) is 34.4 Å². The van der Waals surface area contributed by atoms with Gasteiger partial charge in [0.05, 0.1) is 0 Å². The van der Waals surface area contributed by atoms with Crippen molar-refractivity contribution in [2.75, 3.05) is 13.1 Å². The summed E-state index contributed by atoms with van der Waals surface area (Å²) >= 11 is 0. The van der Waals surface area contributed by atoms with E-state index in [0.717, 1.165) is 32.5 Å². The zero-order chi connectivity index (χ0) is 18.1. The first-order chi connectivity index (χ1) is 12.6. The maximum atomic E-state index is 12.2. The van der Waals surface area contributed by atoms with Crippen LogP contribution < -0.4 is 5.32 Å². The molecule has 2 saturated heterocycles. The molecule has 0 aliphatic carbocycles. The molecule has 1 spiro atoms. The molecule has 0 unspecified atom stereocenters. The monoisotopic (exact) mass is 349 g/mol. The zero-order valence-electron chi connectivity index (χ0n) is 15.7. The highest BCUT2D eigenvalue weighted by atomic mass is 16.2. The standard InChI is InChI=1S/C22H27N3O/c1-16-3-4-18(13-17(16)2)15-25-11-7-22(8-12-25)20(14-21(26)24-22)19-5-9-23-10-6-19/h3-6,9-10,13,20H,7-8,11-12,14-15H2,1-2H3,(H,24,26)/t20-/m1/s1. The number of amides is 1. The van der Waals surface area contributed by atoms with Crippen molar-refractivity contribution >= 4 is 5.91 Å². The Balaban J connectivity index is 1.46. The van der Waals surface area contributed by atoms with Crippen LogP contribution in [0.2, 0.25) is 0 Å². The number of nitrogens with one attached hydrogen (secondary N) is 1. The number of hydrogen-bond donors (Lipinski definition) is 1. The largest absolute Gasteiger partial charge is 0.350 e. The highest BCUT2D eigenvalue weighted by molar-refractivity contribution is 5.81. The third kappa shape index (κ3) is 3.26. The molecule has 4 heteroatoms. The van der Waals surface area contributed by atoms with Crippen molar-refractivity contribution < 1.29 is 4.79 Å². The number of aryl methyl sites for hydroxylation is 2. The lowest BCUT2D eigenvalue weighted by Gasteiger charge is -2.43. The van der Waals surface area contributed by atoms with E-state index >= 15 is 0 Å². The van der Waals surface area contributed by atoms with Gasteiger partial charge in [-0.3, -0.25) is 14.7 Å². The number of carbonyl (C=O) groups excluding carboxylic acids is 1. The van der Waals surface area contributed by atoms with Gasteiger partial charge in [0.25, 0.3) is 0 Å². The van der Waals surface area contributed by atoms with Crippen molar-refractivity contribution in [2.45, 2.75) is 51.1 Å². The topological polar surface area (TPSA) is 45.2 Å². The van der Waals surface area contributed by atoms with E-state index in [-0.39, 0.29) is 17.4 Å². The van der Waals surface area contributed by atoms with E-state index in [1.807, 2.05) is 12.4 Å². The number of hydrogen-bond acceptors (Lipinski definition) is 3. The van der Waals surface area contributed by atoms with Crippen molar-refractivity contribution in [3.8, 4) is 0 Å². The minimum absolute atomic E-state index is 0.0852. The molecular weight excluding hydrogens is 322 g/mol. The van der Waals surface area contributed by atoms with Crippen LogP contribution in [0.5, 0.6) is 0 Å². The number of likely N-dealkylation sites (tertiary alicyclic amines) is 1. The van der Waals surface area contributed by atoms with E-state index in [1.165, 1.54) is 22.3 Å². The molecule has 26 heavy (non-hydrogen) atoms. The molecule has 2 aliphatic rings. The summed E-state index contributed by atoms with van der Waals surface area (Å²) < 4.78 is 0. The van der Waals surface area contributed by atoms with Crippen molar-refractivity contribution in [2.24, 2.45) is 0 Å². The van der Waals surface area contributed by atoms with Gasteiger partial charge < -0.3 is 5.32 Å². The van der Waals surface area contributed by atoms with Gasteiger partial charge in [-0.1, -0.05) is 18.2 Å². The molecule has 2 aromatic rings. The number of rotatable bonds is 3. The Bertz CT molecular complexity index is 794. The van der Waals surface area contributed by atoms with Crippen molar-refractivity contribution in [3.63, 3.8) is 0 Å². The number of pyridine rings is 1. The number of aromatic nitrogens is 1. The van der Waals surface area contributed by atoms with Crippen LogP contribution >= 0.6 is 0 Å². The summed E-state index contributed by atoms with van der Waals surface area (Å²) in [5.41, 5.74) is 5.24. The number of carbonyl (C=O) groups is 1. The highest BCUT2D eigenvalue weighted by Gasteiger charge is 2.48. The SMILES string of the molecule is Cc1ccc(CN2CCC3(CC2)NC(=O)C[C@@H]3c2ccncc2)cc1C. The fraction of sp³-hybridized carbons (Fsp3) is 0.455. The van der Waals surface area contributed by atoms with Crippen molar-refractivity contribution in [1.82, 2.24) is 15.2 Å². The zero-order valence-corrected chi connectivity index (χ0v) is 15.7. The second-order valence-corrected chi connectivity index (χ2v) is 7.94. The molecule has 2 fully saturated rings. The molecule has 1 aromatic carbocycles. The molecule has 3 heterocycles. The Labute approximate surface area is 155 Å². The smallest absolute Gasteiger partial charge is 0.221 e. The van der Waals surface area contributed by atoms with E-state index in [4.69, 9.17) is 0 Å². The number of benzene rings is 1. The second-order valence-electron chi connectivity index (χ2n) is 7.94. The minimum atomic E-state index is -0.0852. The van der Waals surface area contributed by atoms with Gasteiger partial charge >= 0.3 is 0 Å². The van der Waals surface area contributed by atoms with Gasteiger partial charge in [-0.05, 0) is 61.1 Å². The minimum Gasteiger partial charge on any atom is -0.350 e. The first-order valence-electron chi connectivity index (χ1n) is 9.55. The Kier molecular flexibility index (Phi) is 4.53. The molecule has 1 aromatic heterocycles. The van der Waals surface area contributed by atoms with E-state index in [9.17, 15) is 4.79 Å². The summed E-state index contributed by atoms with van der Waals surface area (Å²) in [5.74, 6) is 0.455. The quantitative estimate of drug-likeness (QED) is 0.924. The summed E-state index contributed by atoms with van der Waals surface area (Å²) in [6.45, 7) is 7.37. The molecule has 136 valence electrons.